The molecule has 0 aromatic rings. The van der Waals surface area contributed by atoms with Gasteiger partial charge in [0.2, 0.25) is 6.10 Å². The van der Waals surface area contributed by atoms with E-state index in [1.165, 1.54) is 77.0 Å². The van der Waals surface area contributed by atoms with Crippen LogP contribution in [0.5, 0.6) is 0 Å². The van der Waals surface area contributed by atoms with Crippen molar-refractivity contribution in [3.63, 3.8) is 0 Å². The highest BCUT2D eigenvalue weighted by Crippen LogP contribution is 2.16. The number of esters is 3. The maximum atomic E-state index is 13.7. The highest BCUT2D eigenvalue weighted by molar-refractivity contribution is 5.77. The minimum Gasteiger partial charge on any atom is -0.462 e. The van der Waals surface area contributed by atoms with Crippen molar-refractivity contribution < 1.29 is 42.9 Å². The van der Waals surface area contributed by atoms with E-state index in [1.807, 2.05) is 0 Å². The Morgan fingerprint density at radius 1 is 0.420 bits per heavy atom. The summed E-state index contributed by atoms with van der Waals surface area (Å²) < 4.78 is 28.0. The summed E-state index contributed by atoms with van der Waals surface area (Å²) >= 11 is 0. The molecule has 0 fully saturated rings. The molecule has 10 nitrogen and oxygen atoms in total. The Morgan fingerprint density at radius 2 is 0.812 bits per heavy atom. The maximum absolute atomic E-state index is 13.7. The van der Waals surface area contributed by atoms with Crippen LogP contribution in [0, 0.1) is 0 Å². The van der Waals surface area contributed by atoms with Crippen LogP contribution in [0.15, 0.2) is 48.6 Å². The van der Waals surface area contributed by atoms with Crippen molar-refractivity contribution in [2.45, 2.75) is 265 Å². The molecule has 0 spiro atoms. The molecule has 69 heavy (non-hydrogen) atoms. The highest BCUT2D eigenvalue weighted by Gasteiger charge is 2.29. The van der Waals surface area contributed by atoms with Gasteiger partial charge in [-0.2, -0.15) is 0 Å². The summed E-state index contributed by atoms with van der Waals surface area (Å²) in [6.07, 6.45) is 48.8. The number of nitrogens with zero attached hydrogens (tertiary/aromatic N) is 1. The van der Waals surface area contributed by atoms with Gasteiger partial charge < -0.3 is 28.6 Å². The van der Waals surface area contributed by atoms with E-state index in [0.717, 1.165) is 116 Å². The van der Waals surface area contributed by atoms with Gasteiger partial charge in [0.05, 0.1) is 6.61 Å². The molecule has 0 aliphatic carbocycles. The summed E-state index contributed by atoms with van der Waals surface area (Å²) in [5.74, 6) is -1.55. The van der Waals surface area contributed by atoms with Crippen molar-refractivity contribution in [2.24, 2.45) is 0 Å². The molecule has 0 aromatic heterocycles. The molecule has 0 amide bonds. The van der Waals surface area contributed by atoms with Crippen molar-refractivity contribution >= 4 is 24.1 Å². The number of carbonyl (C=O) groups excluding carboxylic acids is 4. The van der Waals surface area contributed by atoms with Crippen molar-refractivity contribution in [2.75, 3.05) is 39.5 Å². The zero-order chi connectivity index (χ0) is 50.5. The van der Waals surface area contributed by atoms with Crippen molar-refractivity contribution in [1.82, 2.24) is 4.90 Å². The monoisotopic (exact) mass is 972 g/mol. The maximum Gasteiger partial charge on any atom is 0.509 e. The number of carbonyl (C=O) groups is 4. The van der Waals surface area contributed by atoms with Gasteiger partial charge in [0, 0.05) is 19.4 Å². The van der Waals surface area contributed by atoms with E-state index >= 15 is 0 Å². The van der Waals surface area contributed by atoms with E-state index in [9.17, 15) is 19.2 Å². The van der Waals surface area contributed by atoms with Crippen LogP contribution in [0.3, 0.4) is 0 Å². The molecule has 400 valence electrons. The fourth-order valence-electron chi connectivity index (χ4n) is 7.86. The highest BCUT2D eigenvalue weighted by atomic mass is 16.7. The zero-order valence-electron chi connectivity index (χ0n) is 45.2. The van der Waals surface area contributed by atoms with Crippen LogP contribution in [0.2, 0.25) is 0 Å². The topological polar surface area (TPSA) is 118 Å². The number of unbranched alkanes of at least 4 members (excludes halogenated alkanes) is 23. The number of allylic oxidation sites excluding steroid dienone is 8. The molecule has 0 radical (unpaired) electrons. The molecule has 0 rings (SSSR count). The summed E-state index contributed by atoms with van der Waals surface area (Å²) in [6.45, 7) is 13.1. The molecule has 0 saturated carbocycles. The predicted octanol–water partition coefficient (Wildman–Crippen LogP) is 16.4. The van der Waals surface area contributed by atoms with Crippen LogP contribution in [0.1, 0.15) is 253 Å². The summed E-state index contributed by atoms with van der Waals surface area (Å²) in [5, 5.41) is 0. The van der Waals surface area contributed by atoms with Gasteiger partial charge >= 0.3 is 24.1 Å². The molecule has 0 bridgehead atoms. The third kappa shape index (κ3) is 46.7. The number of hydrogen-bond acceptors (Lipinski definition) is 10. The third-order valence-electron chi connectivity index (χ3n) is 12.4. The van der Waals surface area contributed by atoms with Gasteiger partial charge in [0.15, 0.2) is 6.10 Å². The fourth-order valence-corrected chi connectivity index (χ4v) is 7.86. The van der Waals surface area contributed by atoms with Crippen molar-refractivity contribution in [3.05, 3.63) is 48.6 Å². The molecule has 1 atom stereocenters. The lowest BCUT2D eigenvalue weighted by Crippen LogP contribution is -2.37. The molecular formula is C59H105NO9. The van der Waals surface area contributed by atoms with E-state index in [0.29, 0.717) is 25.7 Å². The minimum absolute atomic E-state index is 0.173. The third-order valence-corrected chi connectivity index (χ3v) is 12.4. The fraction of sp³-hybridized carbons (Fsp3) is 0.797. The number of hydrogen-bond donors (Lipinski definition) is 0. The largest absolute Gasteiger partial charge is 0.509 e. The Morgan fingerprint density at radius 3 is 1.26 bits per heavy atom. The summed E-state index contributed by atoms with van der Waals surface area (Å²) in [7, 11) is 0. The first-order valence-corrected chi connectivity index (χ1v) is 28.5. The van der Waals surface area contributed by atoms with Gasteiger partial charge in [-0.1, -0.05) is 192 Å². The second-order valence-corrected chi connectivity index (χ2v) is 18.7. The summed E-state index contributed by atoms with van der Waals surface area (Å²) in [6, 6.07) is 0. The summed E-state index contributed by atoms with van der Waals surface area (Å²) in [4.78, 5) is 54.5. The average molecular weight is 972 g/mol. The van der Waals surface area contributed by atoms with E-state index in [1.54, 1.807) is 0 Å². The van der Waals surface area contributed by atoms with Gasteiger partial charge in [0.1, 0.15) is 13.2 Å². The molecule has 10 heteroatoms. The number of ether oxygens (including phenoxy) is 5. The van der Waals surface area contributed by atoms with Crippen molar-refractivity contribution in [1.29, 1.82) is 0 Å². The molecular weight excluding hydrogens is 867 g/mol. The predicted molar refractivity (Wildman–Crippen MR) is 286 cm³/mol. The van der Waals surface area contributed by atoms with Gasteiger partial charge in [-0.25, -0.2) is 9.59 Å². The minimum atomic E-state index is -1.20. The van der Waals surface area contributed by atoms with Crippen LogP contribution >= 0.6 is 0 Å². The molecule has 1 unspecified atom stereocenters. The second kappa shape index (κ2) is 52.4. The van der Waals surface area contributed by atoms with E-state index in [2.05, 4.69) is 88.1 Å². The smallest absolute Gasteiger partial charge is 0.462 e. The Bertz CT molecular complexity index is 1240. The van der Waals surface area contributed by atoms with Crippen LogP contribution < -0.4 is 0 Å². The Labute approximate surface area is 423 Å². The van der Waals surface area contributed by atoms with E-state index in [4.69, 9.17) is 23.7 Å². The lowest BCUT2D eigenvalue weighted by molar-refractivity contribution is -0.174. The Kier molecular flexibility index (Phi) is 49.8. The van der Waals surface area contributed by atoms with E-state index < -0.39 is 36.3 Å². The van der Waals surface area contributed by atoms with Gasteiger partial charge in [-0.15, -0.1) is 0 Å². The Hall–Kier alpha value is -3.40. The van der Waals surface area contributed by atoms with Crippen LogP contribution in [0.4, 0.5) is 4.79 Å². The molecule has 0 aliphatic rings. The number of rotatable bonds is 50. The molecule has 0 aromatic carbocycles. The molecule has 0 N–H and O–H groups in total. The zero-order valence-corrected chi connectivity index (χ0v) is 45.2. The first-order chi connectivity index (χ1) is 33.8. The SMILES string of the molecule is CCCCC/C=C\C/C=C\CCCCCCCC(=O)OCC(COC(=O)CCCCCCC/C=C\C/C=C\CCCCC)OC(=O)C(CCCCCCCCCC)OC(=O)OCCCN(CC)CC. The van der Waals surface area contributed by atoms with Crippen LogP contribution in [-0.2, 0) is 38.1 Å². The first kappa shape index (κ1) is 65.6. The summed E-state index contributed by atoms with van der Waals surface area (Å²) in [5.41, 5.74) is 0. The van der Waals surface area contributed by atoms with E-state index in [-0.39, 0.29) is 39.1 Å². The standard InChI is InChI=1S/C59H105NO9/c1-6-11-14-17-20-23-25-27-29-31-33-35-38-41-44-48-56(61)66-52-54(53-67-57(62)49-45-42-39-36-34-32-30-28-26-24-21-18-15-12-7-2)68-58(63)55(47-43-40-37-22-19-16-13-8-3)69-59(64)65-51-46-50-60(9-4)10-5/h20-21,23-24,27-30,54-55H,6-19,22,25-26,31-53H2,1-5H3/b23-20-,24-21-,29-27-,30-28-. The van der Waals surface area contributed by atoms with Gasteiger partial charge in [-0.05, 0) is 109 Å². The second-order valence-electron chi connectivity index (χ2n) is 18.7. The van der Waals surface area contributed by atoms with Crippen LogP contribution in [-0.4, -0.2) is 80.6 Å². The lowest BCUT2D eigenvalue weighted by Gasteiger charge is -2.22. The van der Waals surface area contributed by atoms with Crippen molar-refractivity contribution in [3.8, 4) is 0 Å². The normalized spacial score (nSPS) is 12.3. The molecule has 0 heterocycles. The average Bonchev–Trinajstić information content (AvgIpc) is 3.35. The van der Waals surface area contributed by atoms with Crippen LogP contribution in [0.25, 0.3) is 0 Å². The molecule has 0 saturated heterocycles. The van der Waals surface area contributed by atoms with Gasteiger partial charge in [0.25, 0.3) is 0 Å². The quantitative estimate of drug-likeness (QED) is 0.0252. The van der Waals surface area contributed by atoms with Gasteiger partial charge in [-0.3, -0.25) is 9.59 Å². The lowest BCUT2D eigenvalue weighted by atomic mass is 10.1. The first-order valence-electron chi connectivity index (χ1n) is 28.5. The Balaban J connectivity index is 5.21. The molecule has 0 aliphatic heterocycles.